The van der Waals surface area contributed by atoms with Crippen LogP contribution in [0.3, 0.4) is 0 Å². The fraction of sp³-hybridized carbons (Fsp3) is 0.500. The summed E-state index contributed by atoms with van der Waals surface area (Å²) in [5.74, 6) is -0.313. The number of aromatic carboxylic acids is 1. The van der Waals surface area contributed by atoms with E-state index in [1.807, 2.05) is 0 Å². The third-order valence-electron chi connectivity index (χ3n) is 2.83. The van der Waals surface area contributed by atoms with E-state index in [0.717, 1.165) is 25.0 Å². The Morgan fingerprint density at radius 3 is 3.15 bits per heavy atom. The molecule has 3 nitrogen and oxygen atoms in total. The average Bonchev–Trinajstić information content (AvgIpc) is 2.60. The summed E-state index contributed by atoms with van der Waals surface area (Å²) < 4.78 is 0. The van der Waals surface area contributed by atoms with E-state index in [0.29, 0.717) is 11.6 Å². The molecule has 2 N–H and O–H groups in total. The Bertz CT molecular complexity index is 341. The van der Waals surface area contributed by atoms with Crippen molar-refractivity contribution in [1.29, 1.82) is 0 Å². The Hall–Kier alpha value is -1.25. The molecule has 70 valence electrons. The zero-order valence-corrected chi connectivity index (χ0v) is 7.63. The van der Waals surface area contributed by atoms with Gasteiger partial charge in [-0.05, 0) is 36.8 Å². The van der Waals surface area contributed by atoms with E-state index < -0.39 is 5.97 Å². The number of carboxylic acid groups (broad SMARTS) is 1. The van der Waals surface area contributed by atoms with Crippen molar-refractivity contribution in [3.8, 4) is 0 Å². The van der Waals surface area contributed by atoms with Gasteiger partial charge in [0.05, 0.1) is 0 Å². The number of rotatable bonds is 2. The molecule has 0 saturated heterocycles. The molecular weight excluding hydrogens is 166 g/mol. The van der Waals surface area contributed by atoms with Crippen LogP contribution in [-0.4, -0.2) is 16.1 Å². The van der Waals surface area contributed by atoms with E-state index in [2.05, 4.69) is 11.9 Å². The molecule has 0 radical (unpaired) electrons. The third kappa shape index (κ3) is 1.24. The molecule has 1 unspecified atom stereocenters. The number of H-pyrrole nitrogens is 1. The van der Waals surface area contributed by atoms with Crippen molar-refractivity contribution in [2.45, 2.75) is 32.1 Å². The van der Waals surface area contributed by atoms with Gasteiger partial charge < -0.3 is 10.1 Å². The van der Waals surface area contributed by atoms with Crippen LogP contribution in [0.2, 0.25) is 0 Å². The minimum Gasteiger partial charge on any atom is -0.477 e. The van der Waals surface area contributed by atoms with Gasteiger partial charge >= 0.3 is 5.97 Å². The lowest BCUT2D eigenvalue weighted by atomic mass is 10.1. The standard InChI is InChI=1S/C10H13NO2/c1-2-6-3-4-7-5-8(10(12)13)11-9(6)7/h5-6,11H,2-4H2,1H3,(H,12,13). The first kappa shape index (κ1) is 8.35. The van der Waals surface area contributed by atoms with E-state index >= 15 is 0 Å². The molecule has 0 amide bonds. The van der Waals surface area contributed by atoms with E-state index in [1.54, 1.807) is 6.07 Å². The lowest BCUT2D eigenvalue weighted by Gasteiger charge is -2.04. The lowest BCUT2D eigenvalue weighted by molar-refractivity contribution is 0.0691. The van der Waals surface area contributed by atoms with Crippen LogP contribution in [0.25, 0.3) is 0 Å². The molecule has 0 bridgehead atoms. The van der Waals surface area contributed by atoms with E-state index in [9.17, 15) is 4.79 Å². The number of aryl methyl sites for hydroxylation is 1. The Labute approximate surface area is 76.8 Å². The van der Waals surface area contributed by atoms with Gasteiger partial charge in [0.15, 0.2) is 0 Å². The van der Waals surface area contributed by atoms with Gasteiger partial charge in [0.1, 0.15) is 5.69 Å². The van der Waals surface area contributed by atoms with Gasteiger partial charge in [-0.15, -0.1) is 0 Å². The molecule has 0 fully saturated rings. The molecule has 1 heterocycles. The highest BCUT2D eigenvalue weighted by Crippen LogP contribution is 2.34. The number of hydrogen-bond acceptors (Lipinski definition) is 1. The van der Waals surface area contributed by atoms with Gasteiger partial charge in [-0.3, -0.25) is 0 Å². The van der Waals surface area contributed by atoms with E-state index in [1.165, 1.54) is 5.56 Å². The van der Waals surface area contributed by atoms with E-state index in [-0.39, 0.29) is 0 Å². The molecule has 0 spiro atoms. The smallest absolute Gasteiger partial charge is 0.352 e. The minimum atomic E-state index is -0.857. The van der Waals surface area contributed by atoms with Crippen LogP contribution in [0, 0.1) is 0 Å². The van der Waals surface area contributed by atoms with Gasteiger partial charge in [-0.25, -0.2) is 4.79 Å². The number of carboxylic acids is 1. The van der Waals surface area contributed by atoms with Crippen molar-refractivity contribution >= 4 is 5.97 Å². The Kier molecular flexibility index (Phi) is 1.87. The van der Waals surface area contributed by atoms with Crippen LogP contribution in [0.15, 0.2) is 6.07 Å². The third-order valence-corrected chi connectivity index (χ3v) is 2.83. The maximum atomic E-state index is 10.7. The zero-order valence-electron chi connectivity index (χ0n) is 7.63. The molecule has 0 aliphatic heterocycles. The van der Waals surface area contributed by atoms with Crippen LogP contribution < -0.4 is 0 Å². The van der Waals surface area contributed by atoms with Gasteiger partial charge in [-0.2, -0.15) is 0 Å². The summed E-state index contributed by atoms with van der Waals surface area (Å²) in [5, 5.41) is 8.77. The van der Waals surface area contributed by atoms with Crippen LogP contribution in [0.1, 0.15) is 47.4 Å². The van der Waals surface area contributed by atoms with Crippen LogP contribution >= 0.6 is 0 Å². The topological polar surface area (TPSA) is 53.1 Å². The molecule has 1 aromatic rings. The van der Waals surface area contributed by atoms with Gasteiger partial charge in [0.25, 0.3) is 0 Å². The number of carbonyl (C=O) groups is 1. The Balaban J connectivity index is 2.36. The number of aromatic nitrogens is 1. The maximum absolute atomic E-state index is 10.7. The van der Waals surface area contributed by atoms with Gasteiger partial charge in [0.2, 0.25) is 0 Å². The van der Waals surface area contributed by atoms with Gasteiger partial charge in [-0.1, -0.05) is 6.92 Å². The lowest BCUT2D eigenvalue weighted by Crippen LogP contribution is -1.98. The highest BCUT2D eigenvalue weighted by atomic mass is 16.4. The number of fused-ring (bicyclic) bond motifs is 1. The van der Waals surface area contributed by atoms with E-state index in [4.69, 9.17) is 5.11 Å². The quantitative estimate of drug-likeness (QED) is 0.730. The summed E-state index contributed by atoms with van der Waals surface area (Å²) in [5.41, 5.74) is 2.69. The fourth-order valence-corrected chi connectivity index (χ4v) is 2.08. The van der Waals surface area contributed by atoms with Crippen molar-refractivity contribution in [1.82, 2.24) is 4.98 Å². The molecular formula is C10H13NO2. The molecule has 1 aromatic heterocycles. The Morgan fingerprint density at radius 2 is 2.54 bits per heavy atom. The molecule has 3 heteroatoms. The van der Waals surface area contributed by atoms with Crippen molar-refractivity contribution in [2.75, 3.05) is 0 Å². The molecule has 0 saturated carbocycles. The molecule has 2 rings (SSSR count). The maximum Gasteiger partial charge on any atom is 0.352 e. The average molecular weight is 179 g/mol. The predicted octanol–water partition coefficient (Wildman–Crippen LogP) is 2.15. The zero-order chi connectivity index (χ0) is 9.42. The van der Waals surface area contributed by atoms with Crippen molar-refractivity contribution in [3.05, 3.63) is 23.0 Å². The number of nitrogens with one attached hydrogen (secondary N) is 1. The molecule has 1 aliphatic rings. The highest BCUT2D eigenvalue weighted by Gasteiger charge is 2.24. The van der Waals surface area contributed by atoms with Crippen LogP contribution in [-0.2, 0) is 6.42 Å². The second kappa shape index (κ2) is 2.91. The summed E-state index contributed by atoms with van der Waals surface area (Å²) in [4.78, 5) is 13.7. The Morgan fingerprint density at radius 1 is 1.77 bits per heavy atom. The second-order valence-electron chi connectivity index (χ2n) is 3.57. The minimum absolute atomic E-state index is 0.336. The molecule has 0 aromatic carbocycles. The first-order chi connectivity index (χ1) is 6.22. The summed E-state index contributed by atoms with van der Waals surface area (Å²) in [6.07, 6.45) is 3.28. The van der Waals surface area contributed by atoms with Crippen molar-refractivity contribution in [3.63, 3.8) is 0 Å². The molecule has 1 atom stereocenters. The van der Waals surface area contributed by atoms with Crippen molar-refractivity contribution in [2.24, 2.45) is 0 Å². The summed E-state index contributed by atoms with van der Waals surface area (Å²) in [6.45, 7) is 2.14. The van der Waals surface area contributed by atoms with Crippen LogP contribution in [0.4, 0.5) is 0 Å². The first-order valence-corrected chi connectivity index (χ1v) is 4.67. The first-order valence-electron chi connectivity index (χ1n) is 4.67. The summed E-state index contributed by atoms with van der Waals surface area (Å²) in [6, 6.07) is 1.77. The molecule has 1 aliphatic carbocycles. The van der Waals surface area contributed by atoms with Gasteiger partial charge in [0, 0.05) is 5.69 Å². The number of aromatic amines is 1. The predicted molar refractivity (Wildman–Crippen MR) is 49.1 cm³/mol. The monoisotopic (exact) mass is 179 g/mol. The normalized spacial score (nSPS) is 20.2. The summed E-state index contributed by atoms with van der Waals surface area (Å²) in [7, 11) is 0. The van der Waals surface area contributed by atoms with Crippen molar-refractivity contribution < 1.29 is 9.90 Å². The fourth-order valence-electron chi connectivity index (χ4n) is 2.08. The number of hydrogen-bond donors (Lipinski definition) is 2. The highest BCUT2D eigenvalue weighted by molar-refractivity contribution is 5.86. The second-order valence-corrected chi connectivity index (χ2v) is 3.57. The van der Waals surface area contributed by atoms with Crippen LogP contribution in [0.5, 0.6) is 0 Å². The molecule has 13 heavy (non-hydrogen) atoms. The summed E-state index contributed by atoms with van der Waals surface area (Å²) >= 11 is 0. The SMILES string of the molecule is CCC1CCc2cc(C(=O)O)[nH]c21. The largest absolute Gasteiger partial charge is 0.477 e.